The predicted octanol–water partition coefficient (Wildman–Crippen LogP) is 3.10. The smallest absolute Gasteiger partial charge is 0.254 e. The Bertz CT molecular complexity index is 1210. The van der Waals surface area contributed by atoms with Gasteiger partial charge in [0.05, 0.1) is 24.8 Å². The van der Waals surface area contributed by atoms with Gasteiger partial charge in [0.25, 0.3) is 5.95 Å². The number of anilines is 1. The zero-order chi connectivity index (χ0) is 20.7. The molecule has 0 saturated carbocycles. The maximum absolute atomic E-state index is 6.10. The first-order valence-corrected chi connectivity index (χ1v) is 10.4. The van der Waals surface area contributed by atoms with Crippen molar-refractivity contribution in [2.24, 2.45) is 7.05 Å². The minimum Gasteiger partial charge on any atom is -0.378 e. The predicted molar refractivity (Wildman–Crippen MR) is 116 cm³/mol. The number of morpholine rings is 1. The number of imidazole rings is 1. The molecule has 0 bridgehead atoms. The van der Waals surface area contributed by atoms with E-state index in [1.807, 2.05) is 29.9 Å². The van der Waals surface area contributed by atoms with E-state index in [4.69, 9.17) is 36.4 Å². The number of rotatable bonds is 4. The molecular weight excluding hydrogens is 402 g/mol. The van der Waals surface area contributed by atoms with E-state index in [1.54, 1.807) is 4.68 Å². The van der Waals surface area contributed by atoms with Gasteiger partial charge in [-0.25, -0.2) is 9.67 Å². The summed E-state index contributed by atoms with van der Waals surface area (Å²) in [6.07, 6.45) is 1.89. The molecule has 1 aliphatic rings. The molecule has 0 aliphatic carbocycles. The van der Waals surface area contributed by atoms with Crippen LogP contribution in [0.5, 0.6) is 0 Å². The molecule has 1 aliphatic heterocycles. The molecule has 4 heterocycles. The summed E-state index contributed by atoms with van der Waals surface area (Å²) in [6.45, 7) is 4.91. The van der Waals surface area contributed by atoms with Crippen LogP contribution in [0.4, 0.5) is 5.82 Å². The fourth-order valence-corrected chi connectivity index (χ4v) is 3.93. The highest BCUT2D eigenvalue weighted by atomic mass is 35.5. The Hall–Kier alpha value is -2.97. The van der Waals surface area contributed by atoms with Gasteiger partial charge in [0.2, 0.25) is 0 Å². The van der Waals surface area contributed by atoms with Crippen molar-refractivity contribution in [3.63, 3.8) is 0 Å². The Morgan fingerprint density at radius 3 is 2.70 bits per heavy atom. The van der Waals surface area contributed by atoms with Crippen molar-refractivity contribution in [1.82, 2.24) is 29.3 Å². The number of alkyl halides is 1. The molecule has 0 spiro atoms. The molecule has 9 heteroatoms. The second-order valence-corrected chi connectivity index (χ2v) is 7.62. The molecule has 0 radical (unpaired) electrons. The van der Waals surface area contributed by atoms with Crippen LogP contribution in [0.3, 0.4) is 0 Å². The minimum absolute atomic E-state index is 0.310. The van der Waals surface area contributed by atoms with Gasteiger partial charge in [-0.2, -0.15) is 15.1 Å². The molecule has 1 aromatic carbocycles. The van der Waals surface area contributed by atoms with Crippen molar-refractivity contribution in [2.75, 3.05) is 31.2 Å². The first-order valence-electron chi connectivity index (χ1n) is 9.89. The van der Waals surface area contributed by atoms with Crippen molar-refractivity contribution >= 4 is 28.6 Å². The van der Waals surface area contributed by atoms with Crippen molar-refractivity contribution in [2.45, 2.75) is 12.8 Å². The number of aromatic nitrogens is 6. The lowest BCUT2D eigenvalue weighted by molar-refractivity contribution is 0.122. The molecule has 154 valence electrons. The summed E-state index contributed by atoms with van der Waals surface area (Å²) in [4.78, 5) is 16.5. The highest BCUT2D eigenvalue weighted by Crippen LogP contribution is 2.27. The van der Waals surface area contributed by atoms with Gasteiger partial charge in [0.15, 0.2) is 17.0 Å². The molecule has 0 unspecified atom stereocenters. The average Bonchev–Trinajstić information content (AvgIpc) is 3.39. The van der Waals surface area contributed by atoms with Crippen molar-refractivity contribution in [1.29, 1.82) is 0 Å². The molecule has 1 fully saturated rings. The van der Waals surface area contributed by atoms with Crippen LogP contribution in [0.1, 0.15) is 11.4 Å². The van der Waals surface area contributed by atoms with Gasteiger partial charge in [0.1, 0.15) is 5.82 Å². The van der Waals surface area contributed by atoms with Gasteiger partial charge in [-0.1, -0.05) is 23.8 Å². The van der Waals surface area contributed by atoms with Gasteiger partial charge < -0.3 is 14.2 Å². The maximum atomic E-state index is 6.10. The Morgan fingerprint density at radius 2 is 1.93 bits per heavy atom. The molecule has 3 aromatic heterocycles. The second-order valence-electron chi connectivity index (χ2n) is 7.35. The number of hydrogen-bond donors (Lipinski definition) is 0. The number of hydrogen-bond acceptors (Lipinski definition) is 6. The minimum atomic E-state index is 0.310. The fraction of sp³-hybridized carbons (Fsp3) is 0.333. The monoisotopic (exact) mass is 423 g/mol. The van der Waals surface area contributed by atoms with E-state index in [0.717, 1.165) is 47.2 Å². The van der Waals surface area contributed by atoms with Crippen LogP contribution in [-0.4, -0.2) is 55.6 Å². The summed E-state index contributed by atoms with van der Waals surface area (Å²) < 4.78 is 9.15. The summed E-state index contributed by atoms with van der Waals surface area (Å²) in [5, 5.41) is 4.73. The third-order valence-electron chi connectivity index (χ3n) is 5.32. The fourth-order valence-electron chi connectivity index (χ4n) is 3.69. The Morgan fingerprint density at radius 1 is 1.10 bits per heavy atom. The Kier molecular flexibility index (Phi) is 4.88. The topological polar surface area (TPSA) is 73.9 Å². The number of halogens is 1. The molecule has 0 atom stereocenters. The average molecular weight is 424 g/mol. The SMILES string of the molecule is Cc1cccc(-c2ccn(-c3nc(N4CCOCC4)c4nc(CCl)n(C)c4n3)n2)c1. The standard InChI is InChI=1S/C21H22ClN7O/c1-14-4-3-5-15(12-14)16-6-7-29(26-16)21-24-19-18(23-17(13-22)27(19)2)20(25-21)28-8-10-30-11-9-28/h3-7,12H,8-11,13H2,1-2H3. The van der Waals surface area contributed by atoms with E-state index in [0.29, 0.717) is 25.0 Å². The van der Waals surface area contributed by atoms with E-state index < -0.39 is 0 Å². The molecule has 30 heavy (non-hydrogen) atoms. The lowest BCUT2D eigenvalue weighted by Crippen LogP contribution is -2.37. The van der Waals surface area contributed by atoms with Crippen LogP contribution < -0.4 is 4.90 Å². The highest BCUT2D eigenvalue weighted by Gasteiger charge is 2.22. The summed E-state index contributed by atoms with van der Waals surface area (Å²) in [7, 11) is 1.92. The van der Waals surface area contributed by atoms with E-state index in [9.17, 15) is 0 Å². The lowest BCUT2D eigenvalue weighted by atomic mass is 10.1. The first kappa shape index (κ1) is 19.0. The largest absolute Gasteiger partial charge is 0.378 e. The second kappa shape index (κ2) is 7.70. The summed E-state index contributed by atoms with van der Waals surface area (Å²) in [5.41, 5.74) is 4.63. The van der Waals surface area contributed by atoms with E-state index in [-0.39, 0.29) is 0 Å². The number of ether oxygens (including phenoxy) is 1. The van der Waals surface area contributed by atoms with Crippen molar-refractivity contribution in [3.8, 4) is 17.2 Å². The van der Waals surface area contributed by atoms with E-state index in [2.05, 4.69) is 30.0 Å². The number of aryl methyl sites for hydroxylation is 2. The van der Waals surface area contributed by atoms with Crippen LogP contribution in [-0.2, 0) is 17.7 Å². The third kappa shape index (κ3) is 3.32. The van der Waals surface area contributed by atoms with Crippen LogP contribution >= 0.6 is 11.6 Å². The molecule has 8 nitrogen and oxygen atoms in total. The summed E-state index contributed by atoms with van der Waals surface area (Å²) in [5.74, 6) is 2.36. The zero-order valence-electron chi connectivity index (χ0n) is 16.9. The van der Waals surface area contributed by atoms with Crippen molar-refractivity contribution < 1.29 is 4.74 Å². The highest BCUT2D eigenvalue weighted by molar-refractivity contribution is 6.16. The quantitative estimate of drug-likeness (QED) is 0.469. The van der Waals surface area contributed by atoms with Crippen LogP contribution in [0.25, 0.3) is 28.4 Å². The lowest BCUT2D eigenvalue weighted by Gasteiger charge is -2.28. The molecular formula is C21H22ClN7O. The summed E-state index contributed by atoms with van der Waals surface area (Å²) in [6, 6.07) is 10.2. The summed E-state index contributed by atoms with van der Waals surface area (Å²) >= 11 is 6.10. The first-order chi connectivity index (χ1) is 14.6. The normalized spacial score (nSPS) is 14.6. The molecule has 0 N–H and O–H groups in total. The van der Waals surface area contributed by atoms with E-state index in [1.165, 1.54) is 5.56 Å². The number of benzene rings is 1. The van der Waals surface area contributed by atoms with Crippen molar-refractivity contribution in [3.05, 3.63) is 47.9 Å². The van der Waals surface area contributed by atoms with E-state index >= 15 is 0 Å². The van der Waals surface area contributed by atoms with Crippen LogP contribution in [0, 0.1) is 6.92 Å². The van der Waals surface area contributed by atoms with Gasteiger partial charge in [-0.15, -0.1) is 11.6 Å². The molecule has 4 aromatic rings. The third-order valence-corrected chi connectivity index (χ3v) is 5.56. The maximum Gasteiger partial charge on any atom is 0.254 e. The molecule has 1 saturated heterocycles. The van der Waals surface area contributed by atoms with Crippen LogP contribution in [0.2, 0.25) is 0 Å². The van der Waals surface area contributed by atoms with Gasteiger partial charge in [-0.3, -0.25) is 0 Å². The van der Waals surface area contributed by atoms with Gasteiger partial charge in [-0.05, 0) is 19.1 Å². The zero-order valence-corrected chi connectivity index (χ0v) is 17.7. The number of nitrogens with zero attached hydrogens (tertiary/aromatic N) is 7. The number of fused-ring (bicyclic) bond motifs is 1. The molecule has 0 amide bonds. The molecule has 5 rings (SSSR count). The van der Waals surface area contributed by atoms with Gasteiger partial charge >= 0.3 is 0 Å². The Labute approximate surface area is 179 Å². The Balaban J connectivity index is 1.63. The van der Waals surface area contributed by atoms with Crippen LogP contribution in [0.15, 0.2) is 36.5 Å². The van der Waals surface area contributed by atoms with Gasteiger partial charge in [0, 0.05) is 31.9 Å².